The molecule has 1 saturated carbocycles. The van der Waals surface area contributed by atoms with Gasteiger partial charge < -0.3 is 10.6 Å². The predicted molar refractivity (Wildman–Crippen MR) is 103 cm³/mol. The molecule has 8 heteroatoms. The fourth-order valence-electron chi connectivity index (χ4n) is 2.70. The number of nitrogens with one attached hydrogen (secondary N) is 3. The van der Waals surface area contributed by atoms with Crippen molar-refractivity contribution in [3.63, 3.8) is 0 Å². The van der Waals surface area contributed by atoms with Gasteiger partial charge in [0.15, 0.2) is 11.5 Å². The number of aromatic nitrogens is 5. The lowest BCUT2D eigenvalue weighted by Crippen LogP contribution is -2.09. The number of aromatic amines is 1. The highest BCUT2D eigenvalue weighted by atomic mass is 15.3. The number of nitrogens with zero attached hydrogens (tertiary/aromatic N) is 5. The van der Waals surface area contributed by atoms with Crippen LogP contribution in [-0.4, -0.2) is 25.1 Å². The third-order valence-corrected chi connectivity index (χ3v) is 4.37. The average Bonchev–Trinajstić information content (AvgIpc) is 3.46. The van der Waals surface area contributed by atoms with Gasteiger partial charge >= 0.3 is 0 Å². The molecular formula is C19H20N8. The minimum absolute atomic E-state index is 0.474. The maximum atomic E-state index is 7.01. The molecule has 1 aliphatic carbocycles. The number of aryl methyl sites for hydroxylation is 1. The molecule has 0 radical (unpaired) electrons. The molecular weight excluding hydrogens is 340 g/mol. The summed E-state index contributed by atoms with van der Waals surface area (Å²) < 4.78 is 0. The Morgan fingerprint density at radius 1 is 1.15 bits per heavy atom. The highest BCUT2D eigenvalue weighted by molar-refractivity contribution is 5.50. The van der Waals surface area contributed by atoms with Gasteiger partial charge in [-0.15, -0.1) is 0 Å². The highest BCUT2D eigenvalue weighted by Gasteiger charge is 2.25. The second kappa shape index (κ2) is 7.41. The summed E-state index contributed by atoms with van der Waals surface area (Å²) in [7, 11) is 0. The van der Waals surface area contributed by atoms with Crippen LogP contribution in [0.25, 0.3) is 4.85 Å². The minimum atomic E-state index is 0.474. The molecule has 0 aliphatic heterocycles. The van der Waals surface area contributed by atoms with Crippen molar-refractivity contribution >= 4 is 23.4 Å². The molecule has 1 fully saturated rings. The molecule has 0 unspecified atom stereocenters. The Morgan fingerprint density at radius 2 is 1.93 bits per heavy atom. The lowest BCUT2D eigenvalue weighted by Gasteiger charge is -2.09. The van der Waals surface area contributed by atoms with E-state index in [1.54, 1.807) is 12.1 Å². The number of hydrogen-bond acceptors (Lipinski definition) is 6. The van der Waals surface area contributed by atoms with Crippen LogP contribution in [0, 0.1) is 6.57 Å². The SMILES string of the molecule is [C-]#[N+]c1ccc(CNc2nc(CC)nc(Nc3cc(C4CC4)[nH]n3)n2)cc1. The molecule has 0 amide bonds. The van der Waals surface area contributed by atoms with Gasteiger partial charge in [-0.25, -0.2) is 4.85 Å². The van der Waals surface area contributed by atoms with E-state index < -0.39 is 0 Å². The van der Waals surface area contributed by atoms with E-state index in [0.29, 0.717) is 48.1 Å². The van der Waals surface area contributed by atoms with Gasteiger partial charge in [0.05, 0.1) is 6.57 Å². The third-order valence-electron chi connectivity index (χ3n) is 4.37. The van der Waals surface area contributed by atoms with Crippen molar-refractivity contribution in [1.82, 2.24) is 25.1 Å². The maximum Gasteiger partial charge on any atom is 0.233 e. The van der Waals surface area contributed by atoms with Crippen LogP contribution in [0.4, 0.5) is 23.4 Å². The molecule has 8 nitrogen and oxygen atoms in total. The monoisotopic (exact) mass is 360 g/mol. The summed E-state index contributed by atoms with van der Waals surface area (Å²) in [5, 5.41) is 13.7. The molecule has 1 aromatic carbocycles. The number of benzene rings is 1. The number of hydrogen-bond donors (Lipinski definition) is 3. The number of H-pyrrole nitrogens is 1. The van der Waals surface area contributed by atoms with Crippen molar-refractivity contribution in [2.45, 2.75) is 38.6 Å². The molecule has 1 aliphatic rings. The van der Waals surface area contributed by atoms with E-state index in [9.17, 15) is 0 Å². The fourth-order valence-corrected chi connectivity index (χ4v) is 2.70. The van der Waals surface area contributed by atoms with Crippen molar-refractivity contribution in [2.75, 3.05) is 10.6 Å². The summed E-state index contributed by atoms with van der Waals surface area (Å²) >= 11 is 0. The molecule has 0 atom stereocenters. The zero-order valence-corrected chi connectivity index (χ0v) is 15.0. The van der Waals surface area contributed by atoms with E-state index in [1.165, 1.54) is 12.8 Å². The Kier molecular flexibility index (Phi) is 4.66. The smallest absolute Gasteiger partial charge is 0.233 e. The van der Waals surface area contributed by atoms with Crippen LogP contribution in [-0.2, 0) is 13.0 Å². The van der Waals surface area contributed by atoms with Crippen LogP contribution in [0.5, 0.6) is 0 Å². The van der Waals surface area contributed by atoms with E-state index in [1.807, 2.05) is 25.1 Å². The first-order valence-electron chi connectivity index (χ1n) is 9.01. The van der Waals surface area contributed by atoms with Crippen LogP contribution in [0.1, 0.15) is 42.8 Å². The van der Waals surface area contributed by atoms with Crippen LogP contribution in [0.2, 0.25) is 0 Å². The fraction of sp³-hybridized carbons (Fsp3) is 0.316. The molecule has 27 heavy (non-hydrogen) atoms. The third kappa shape index (κ3) is 4.20. The Labute approximate surface area is 157 Å². The van der Waals surface area contributed by atoms with Gasteiger partial charge in [0.2, 0.25) is 11.9 Å². The summed E-state index contributed by atoms with van der Waals surface area (Å²) in [6.07, 6.45) is 3.15. The van der Waals surface area contributed by atoms with Gasteiger partial charge in [0.25, 0.3) is 0 Å². The van der Waals surface area contributed by atoms with Crippen molar-refractivity contribution in [1.29, 1.82) is 0 Å². The average molecular weight is 360 g/mol. The molecule has 4 rings (SSSR count). The van der Waals surface area contributed by atoms with Crippen LogP contribution in [0.3, 0.4) is 0 Å². The van der Waals surface area contributed by atoms with Crippen LogP contribution in [0.15, 0.2) is 30.3 Å². The normalized spacial score (nSPS) is 13.2. The Hall–Kier alpha value is -3.47. The van der Waals surface area contributed by atoms with Crippen LogP contribution < -0.4 is 10.6 Å². The first-order valence-corrected chi connectivity index (χ1v) is 9.01. The lowest BCUT2D eigenvalue weighted by molar-refractivity contribution is 0.894. The van der Waals surface area contributed by atoms with Crippen molar-refractivity contribution in [2.24, 2.45) is 0 Å². The van der Waals surface area contributed by atoms with Crippen LogP contribution >= 0.6 is 0 Å². The predicted octanol–water partition coefficient (Wildman–Crippen LogP) is 3.94. The second-order valence-corrected chi connectivity index (χ2v) is 6.49. The zero-order valence-electron chi connectivity index (χ0n) is 15.0. The van der Waals surface area contributed by atoms with Gasteiger partial charge in [-0.1, -0.05) is 31.2 Å². The lowest BCUT2D eigenvalue weighted by atomic mass is 10.2. The topological polar surface area (TPSA) is 95.8 Å². The second-order valence-electron chi connectivity index (χ2n) is 6.49. The van der Waals surface area contributed by atoms with E-state index in [2.05, 4.69) is 40.6 Å². The molecule has 0 spiro atoms. The number of rotatable bonds is 7. The zero-order chi connectivity index (χ0) is 18.6. The van der Waals surface area contributed by atoms with Gasteiger partial charge in [0.1, 0.15) is 5.82 Å². The first kappa shape index (κ1) is 17.0. The number of anilines is 3. The van der Waals surface area contributed by atoms with Crippen molar-refractivity contribution in [3.05, 3.63) is 58.8 Å². The van der Waals surface area contributed by atoms with E-state index >= 15 is 0 Å². The molecule has 136 valence electrons. The Bertz CT molecular complexity index is 966. The minimum Gasteiger partial charge on any atom is -0.350 e. The van der Waals surface area contributed by atoms with Crippen molar-refractivity contribution < 1.29 is 0 Å². The maximum absolute atomic E-state index is 7.01. The molecule has 0 saturated heterocycles. The molecule has 3 aromatic rings. The van der Waals surface area contributed by atoms with Gasteiger partial charge in [-0.3, -0.25) is 5.10 Å². The summed E-state index contributed by atoms with van der Waals surface area (Å²) in [5.74, 6) is 3.02. The summed E-state index contributed by atoms with van der Waals surface area (Å²) in [6.45, 7) is 9.58. The van der Waals surface area contributed by atoms with Gasteiger partial charge in [0, 0.05) is 30.6 Å². The van der Waals surface area contributed by atoms with Gasteiger partial charge in [-0.05, 0) is 18.4 Å². The largest absolute Gasteiger partial charge is 0.350 e. The summed E-state index contributed by atoms with van der Waals surface area (Å²) in [4.78, 5) is 16.7. The quantitative estimate of drug-likeness (QED) is 0.552. The van der Waals surface area contributed by atoms with Gasteiger partial charge in [-0.2, -0.15) is 20.1 Å². The Balaban J connectivity index is 1.46. The standard InChI is InChI=1S/C19H20N8/c1-3-16-22-18(21-11-12-4-8-14(20-2)9-5-12)25-19(23-16)24-17-10-15(26-27-17)13-6-7-13/h4-5,8-10,13H,3,6-7,11H2,1H3,(H3,21,22,23,24,25,26,27). The van der Waals surface area contributed by atoms with E-state index in [0.717, 1.165) is 11.3 Å². The molecule has 2 aromatic heterocycles. The summed E-state index contributed by atoms with van der Waals surface area (Å²) in [6, 6.07) is 9.46. The van der Waals surface area contributed by atoms with Crippen molar-refractivity contribution in [3.8, 4) is 0 Å². The first-order chi connectivity index (χ1) is 13.2. The van der Waals surface area contributed by atoms with E-state index in [4.69, 9.17) is 6.57 Å². The molecule has 2 heterocycles. The summed E-state index contributed by atoms with van der Waals surface area (Å²) in [5.41, 5.74) is 2.84. The Morgan fingerprint density at radius 3 is 2.63 bits per heavy atom. The molecule has 0 bridgehead atoms. The molecule has 3 N–H and O–H groups in total. The highest BCUT2D eigenvalue weighted by Crippen LogP contribution is 2.39. The van der Waals surface area contributed by atoms with E-state index in [-0.39, 0.29) is 0 Å².